The molecule has 3 rings (SSSR count). The predicted octanol–water partition coefficient (Wildman–Crippen LogP) is 2.10. The predicted molar refractivity (Wildman–Crippen MR) is 78.1 cm³/mol. The molecule has 1 saturated heterocycles. The summed E-state index contributed by atoms with van der Waals surface area (Å²) in [5.41, 5.74) is 0.705. The second-order valence-corrected chi connectivity index (χ2v) is 5.71. The number of hydrogen-bond donors (Lipinski definition) is 2. The molecule has 0 spiro atoms. The zero-order valence-corrected chi connectivity index (χ0v) is 11.7. The molecule has 108 valence electrons. The summed E-state index contributed by atoms with van der Waals surface area (Å²) in [5.74, 6) is 0.875. The van der Waals surface area contributed by atoms with E-state index in [1.807, 2.05) is 24.3 Å². The summed E-state index contributed by atoms with van der Waals surface area (Å²) >= 11 is 0. The molecule has 0 radical (unpaired) electrons. The van der Waals surface area contributed by atoms with Gasteiger partial charge >= 0.3 is 0 Å². The topological polar surface area (TPSA) is 50.4 Å². The van der Waals surface area contributed by atoms with Crippen molar-refractivity contribution in [1.29, 1.82) is 0 Å². The maximum Gasteiger partial charge on any atom is 0.251 e. The fourth-order valence-electron chi connectivity index (χ4n) is 2.61. The van der Waals surface area contributed by atoms with Crippen molar-refractivity contribution in [2.24, 2.45) is 0 Å². The Balaban J connectivity index is 1.54. The molecule has 1 aromatic rings. The van der Waals surface area contributed by atoms with Crippen molar-refractivity contribution in [2.45, 2.75) is 44.2 Å². The van der Waals surface area contributed by atoms with Crippen LogP contribution in [0.5, 0.6) is 5.75 Å². The molecule has 4 heteroatoms. The Hall–Kier alpha value is -1.55. The van der Waals surface area contributed by atoms with E-state index in [1.165, 1.54) is 6.42 Å². The first-order valence-electron chi connectivity index (χ1n) is 7.59. The Bertz CT molecular complexity index is 448. The van der Waals surface area contributed by atoms with Gasteiger partial charge in [0.2, 0.25) is 0 Å². The van der Waals surface area contributed by atoms with Gasteiger partial charge in [0.05, 0.1) is 6.10 Å². The van der Waals surface area contributed by atoms with Gasteiger partial charge in [-0.25, -0.2) is 0 Å². The lowest BCUT2D eigenvalue weighted by Gasteiger charge is -2.26. The molecule has 2 N–H and O–H groups in total. The maximum absolute atomic E-state index is 12.1. The highest BCUT2D eigenvalue weighted by Crippen LogP contribution is 2.25. The van der Waals surface area contributed by atoms with Gasteiger partial charge in [-0.15, -0.1) is 0 Å². The number of carbonyl (C=O) groups excluding carboxylic acids is 1. The maximum atomic E-state index is 12.1. The lowest BCUT2D eigenvalue weighted by molar-refractivity contribution is 0.0930. The Labute approximate surface area is 119 Å². The zero-order valence-electron chi connectivity index (χ0n) is 11.7. The fraction of sp³-hybridized carbons (Fsp3) is 0.562. The molecule has 0 aromatic heterocycles. The first-order valence-corrected chi connectivity index (χ1v) is 7.59. The molecule has 4 nitrogen and oxygen atoms in total. The molecule has 2 fully saturated rings. The number of amides is 1. The summed E-state index contributed by atoms with van der Waals surface area (Å²) in [6.45, 7) is 1.92. The minimum Gasteiger partial charge on any atom is -0.490 e. The van der Waals surface area contributed by atoms with E-state index < -0.39 is 0 Å². The lowest BCUT2D eigenvalue weighted by atomic mass is 9.96. The summed E-state index contributed by atoms with van der Waals surface area (Å²) in [6, 6.07) is 7.74. The molecule has 1 saturated carbocycles. The highest BCUT2D eigenvalue weighted by Gasteiger charge is 2.19. The van der Waals surface area contributed by atoms with E-state index in [4.69, 9.17) is 4.74 Å². The largest absolute Gasteiger partial charge is 0.490 e. The van der Waals surface area contributed by atoms with Crippen LogP contribution in [0.15, 0.2) is 24.3 Å². The van der Waals surface area contributed by atoms with Crippen LogP contribution in [0.4, 0.5) is 0 Å². The molecule has 1 heterocycles. The SMILES string of the molecule is O=C(N[C@H]1CCCNC1)c1ccc(OC2CCC2)cc1. The first-order chi connectivity index (χ1) is 9.81. The van der Waals surface area contributed by atoms with Gasteiger partial charge in [0, 0.05) is 18.2 Å². The Morgan fingerprint density at radius 1 is 1.15 bits per heavy atom. The van der Waals surface area contributed by atoms with Crippen molar-refractivity contribution in [3.63, 3.8) is 0 Å². The van der Waals surface area contributed by atoms with E-state index in [0.717, 1.165) is 44.5 Å². The minimum absolute atomic E-state index is 0.00824. The van der Waals surface area contributed by atoms with Crippen LogP contribution in [0.3, 0.4) is 0 Å². The first kappa shape index (κ1) is 13.4. The Morgan fingerprint density at radius 3 is 2.55 bits per heavy atom. The molecule has 1 amide bonds. The van der Waals surface area contributed by atoms with E-state index in [0.29, 0.717) is 11.7 Å². The second-order valence-electron chi connectivity index (χ2n) is 5.71. The van der Waals surface area contributed by atoms with Gasteiger partial charge in [-0.2, -0.15) is 0 Å². The van der Waals surface area contributed by atoms with Crippen LogP contribution in [0.1, 0.15) is 42.5 Å². The summed E-state index contributed by atoms with van der Waals surface area (Å²) < 4.78 is 5.79. The summed E-state index contributed by atoms with van der Waals surface area (Å²) in [7, 11) is 0. The van der Waals surface area contributed by atoms with Crippen LogP contribution >= 0.6 is 0 Å². The van der Waals surface area contributed by atoms with E-state index >= 15 is 0 Å². The molecule has 0 bridgehead atoms. The van der Waals surface area contributed by atoms with Gasteiger partial charge in [-0.05, 0) is 62.9 Å². The Kier molecular flexibility index (Phi) is 4.21. The minimum atomic E-state index is 0.00824. The van der Waals surface area contributed by atoms with Crippen molar-refractivity contribution in [3.8, 4) is 5.75 Å². The molecule has 1 atom stereocenters. The van der Waals surface area contributed by atoms with E-state index in [1.54, 1.807) is 0 Å². The van der Waals surface area contributed by atoms with Crippen LogP contribution in [0.25, 0.3) is 0 Å². The van der Waals surface area contributed by atoms with Crippen LogP contribution in [-0.4, -0.2) is 31.1 Å². The van der Waals surface area contributed by atoms with Gasteiger partial charge in [0.25, 0.3) is 5.91 Å². The summed E-state index contributed by atoms with van der Waals surface area (Å²) in [4.78, 5) is 12.1. The molecule has 1 aliphatic heterocycles. The molecular formula is C16H22N2O2. The highest BCUT2D eigenvalue weighted by molar-refractivity contribution is 5.94. The monoisotopic (exact) mass is 274 g/mol. The van der Waals surface area contributed by atoms with Gasteiger partial charge in [-0.1, -0.05) is 0 Å². The fourth-order valence-corrected chi connectivity index (χ4v) is 2.61. The summed E-state index contributed by atoms with van der Waals surface area (Å²) in [5, 5.41) is 6.38. The second kappa shape index (κ2) is 6.27. The quantitative estimate of drug-likeness (QED) is 0.884. The Morgan fingerprint density at radius 2 is 1.95 bits per heavy atom. The van der Waals surface area contributed by atoms with E-state index in [2.05, 4.69) is 10.6 Å². The van der Waals surface area contributed by atoms with Crippen molar-refractivity contribution >= 4 is 5.91 Å². The third-order valence-electron chi connectivity index (χ3n) is 4.10. The zero-order chi connectivity index (χ0) is 13.8. The van der Waals surface area contributed by atoms with Crippen molar-refractivity contribution in [3.05, 3.63) is 29.8 Å². The molecule has 1 aliphatic carbocycles. The average Bonchev–Trinajstić information content (AvgIpc) is 2.44. The number of carbonyl (C=O) groups is 1. The average molecular weight is 274 g/mol. The number of hydrogen-bond acceptors (Lipinski definition) is 3. The van der Waals surface area contributed by atoms with Crippen LogP contribution < -0.4 is 15.4 Å². The van der Waals surface area contributed by atoms with Crippen molar-refractivity contribution in [1.82, 2.24) is 10.6 Å². The number of ether oxygens (including phenoxy) is 1. The van der Waals surface area contributed by atoms with E-state index in [9.17, 15) is 4.79 Å². The number of rotatable bonds is 4. The summed E-state index contributed by atoms with van der Waals surface area (Å²) in [6.07, 6.45) is 6.12. The molecule has 2 aliphatic rings. The van der Waals surface area contributed by atoms with Gasteiger partial charge in [-0.3, -0.25) is 4.79 Å². The van der Waals surface area contributed by atoms with Crippen LogP contribution in [0, 0.1) is 0 Å². The third kappa shape index (κ3) is 3.31. The van der Waals surface area contributed by atoms with Crippen molar-refractivity contribution in [2.75, 3.05) is 13.1 Å². The van der Waals surface area contributed by atoms with Gasteiger partial charge in [0.15, 0.2) is 0 Å². The standard InChI is InChI=1S/C16H22N2O2/c19-16(18-13-3-2-10-17-11-13)12-6-8-15(9-7-12)20-14-4-1-5-14/h6-9,13-14,17H,1-5,10-11H2,(H,18,19)/t13-/m0/s1. The van der Waals surface area contributed by atoms with Gasteiger partial charge < -0.3 is 15.4 Å². The van der Waals surface area contributed by atoms with Crippen molar-refractivity contribution < 1.29 is 9.53 Å². The number of benzene rings is 1. The van der Waals surface area contributed by atoms with Crippen LogP contribution in [0.2, 0.25) is 0 Å². The molecule has 20 heavy (non-hydrogen) atoms. The lowest BCUT2D eigenvalue weighted by Crippen LogP contribution is -2.45. The molecular weight excluding hydrogens is 252 g/mol. The smallest absolute Gasteiger partial charge is 0.251 e. The third-order valence-corrected chi connectivity index (χ3v) is 4.10. The number of nitrogens with one attached hydrogen (secondary N) is 2. The van der Waals surface area contributed by atoms with Gasteiger partial charge in [0.1, 0.15) is 5.75 Å². The van der Waals surface area contributed by atoms with Crippen LogP contribution in [-0.2, 0) is 0 Å². The van der Waals surface area contributed by atoms with E-state index in [-0.39, 0.29) is 11.9 Å². The normalized spacial score (nSPS) is 22.9. The molecule has 0 unspecified atom stereocenters. The molecule has 1 aromatic carbocycles. The highest BCUT2D eigenvalue weighted by atomic mass is 16.5. The number of piperidine rings is 1.